The summed E-state index contributed by atoms with van der Waals surface area (Å²) in [4.78, 5) is 0. The van der Waals surface area contributed by atoms with Gasteiger partial charge in [-0.2, -0.15) is 0 Å². The molecular weight excluding hydrogens is 154 g/mol. The number of hydrogen-bond acceptors (Lipinski definition) is 4. The van der Waals surface area contributed by atoms with E-state index in [1.54, 1.807) is 6.20 Å². The van der Waals surface area contributed by atoms with Crippen LogP contribution in [0.3, 0.4) is 0 Å². The number of hydrogen-bond donors (Lipinski definition) is 2. The van der Waals surface area contributed by atoms with Crippen LogP contribution in [-0.4, -0.2) is 28.1 Å². The molecule has 1 aliphatic heterocycles. The Balaban J connectivity index is 2.08. The van der Waals surface area contributed by atoms with Crippen molar-refractivity contribution >= 4 is 5.82 Å². The summed E-state index contributed by atoms with van der Waals surface area (Å²) in [7, 11) is 0. The Kier molecular flexibility index (Phi) is 1.95. The largest absolute Gasteiger partial charge is 0.381 e. The van der Waals surface area contributed by atoms with Crippen molar-refractivity contribution < 1.29 is 0 Å². The van der Waals surface area contributed by atoms with Crippen LogP contribution in [-0.2, 0) is 0 Å². The van der Waals surface area contributed by atoms with Crippen LogP contribution in [0, 0.1) is 0 Å². The first-order valence-corrected chi connectivity index (χ1v) is 4.24. The Labute approximate surface area is 70.9 Å². The van der Waals surface area contributed by atoms with E-state index in [4.69, 9.17) is 5.73 Å². The molecule has 1 aromatic heterocycles. The van der Waals surface area contributed by atoms with Crippen LogP contribution in [0.15, 0.2) is 6.20 Å². The zero-order valence-corrected chi connectivity index (χ0v) is 6.90. The van der Waals surface area contributed by atoms with Gasteiger partial charge >= 0.3 is 0 Å². The van der Waals surface area contributed by atoms with Gasteiger partial charge in [-0.1, -0.05) is 5.21 Å². The van der Waals surface area contributed by atoms with Gasteiger partial charge in [0.05, 0.1) is 12.2 Å². The van der Waals surface area contributed by atoms with Gasteiger partial charge in [-0.3, -0.25) is 0 Å². The number of nitrogens with zero attached hydrogens (tertiary/aromatic N) is 3. The van der Waals surface area contributed by atoms with Crippen molar-refractivity contribution in [1.29, 1.82) is 0 Å². The normalized spacial score (nSPS) is 24.2. The van der Waals surface area contributed by atoms with Crippen LogP contribution in [0.25, 0.3) is 0 Å². The van der Waals surface area contributed by atoms with Gasteiger partial charge in [-0.05, 0) is 19.4 Å². The Bertz CT molecular complexity index is 250. The second-order valence-electron chi connectivity index (χ2n) is 3.12. The van der Waals surface area contributed by atoms with E-state index in [-0.39, 0.29) is 0 Å². The third-order valence-corrected chi connectivity index (χ3v) is 2.17. The number of rotatable bonds is 1. The average Bonchev–Trinajstić information content (AvgIpc) is 2.54. The van der Waals surface area contributed by atoms with Crippen molar-refractivity contribution in [3.05, 3.63) is 6.20 Å². The zero-order valence-electron chi connectivity index (χ0n) is 6.90. The molecule has 0 saturated carbocycles. The molecule has 1 aromatic rings. The summed E-state index contributed by atoms with van der Waals surface area (Å²) >= 11 is 0. The molecule has 1 aliphatic rings. The third kappa shape index (κ3) is 1.40. The number of aromatic nitrogens is 3. The fourth-order valence-electron chi connectivity index (χ4n) is 1.53. The Morgan fingerprint density at radius 1 is 1.67 bits per heavy atom. The lowest BCUT2D eigenvalue weighted by Crippen LogP contribution is -2.31. The summed E-state index contributed by atoms with van der Waals surface area (Å²) in [6.45, 7) is 2.09. The van der Waals surface area contributed by atoms with Gasteiger partial charge in [0.15, 0.2) is 5.82 Å². The topological polar surface area (TPSA) is 68.8 Å². The lowest BCUT2D eigenvalue weighted by Gasteiger charge is -2.22. The van der Waals surface area contributed by atoms with Gasteiger partial charge < -0.3 is 11.1 Å². The molecule has 1 fully saturated rings. The molecular formula is C7H13N5. The fraction of sp³-hybridized carbons (Fsp3) is 0.714. The Hall–Kier alpha value is -1.10. The monoisotopic (exact) mass is 167 g/mol. The molecule has 0 amide bonds. The third-order valence-electron chi connectivity index (χ3n) is 2.17. The highest BCUT2D eigenvalue weighted by Crippen LogP contribution is 2.15. The summed E-state index contributed by atoms with van der Waals surface area (Å²) in [5.41, 5.74) is 5.47. The quantitative estimate of drug-likeness (QED) is 0.607. The van der Waals surface area contributed by atoms with Gasteiger partial charge in [0.1, 0.15) is 0 Å². The van der Waals surface area contributed by atoms with Crippen LogP contribution >= 0.6 is 0 Å². The van der Waals surface area contributed by atoms with Crippen LogP contribution < -0.4 is 11.1 Å². The highest BCUT2D eigenvalue weighted by molar-refractivity contribution is 5.20. The maximum absolute atomic E-state index is 5.47. The van der Waals surface area contributed by atoms with Crippen LogP contribution in [0.4, 0.5) is 5.82 Å². The van der Waals surface area contributed by atoms with Crippen molar-refractivity contribution in [2.45, 2.75) is 18.9 Å². The van der Waals surface area contributed by atoms with E-state index in [1.807, 2.05) is 4.68 Å². The lowest BCUT2D eigenvalue weighted by atomic mass is 10.1. The van der Waals surface area contributed by atoms with E-state index < -0.39 is 0 Å². The molecule has 1 saturated heterocycles. The molecule has 2 rings (SSSR count). The number of anilines is 1. The average molecular weight is 167 g/mol. The minimum atomic E-state index is 0.434. The summed E-state index contributed by atoms with van der Waals surface area (Å²) in [5.74, 6) is 0.501. The molecule has 0 spiro atoms. The van der Waals surface area contributed by atoms with E-state index in [0.717, 1.165) is 19.5 Å². The molecule has 1 unspecified atom stereocenters. The first-order valence-electron chi connectivity index (χ1n) is 4.24. The molecule has 3 N–H and O–H groups in total. The van der Waals surface area contributed by atoms with E-state index in [1.165, 1.54) is 6.42 Å². The van der Waals surface area contributed by atoms with Crippen molar-refractivity contribution in [3.63, 3.8) is 0 Å². The van der Waals surface area contributed by atoms with Crippen molar-refractivity contribution in [1.82, 2.24) is 20.3 Å². The molecule has 5 nitrogen and oxygen atoms in total. The number of nitrogens with one attached hydrogen (secondary N) is 1. The van der Waals surface area contributed by atoms with Gasteiger partial charge in [0.2, 0.25) is 0 Å². The second kappa shape index (κ2) is 3.10. The summed E-state index contributed by atoms with van der Waals surface area (Å²) in [6, 6.07) is 0.434. The standard InChI is InChI=1S/C7H13N5/c8-7-5-12(11-10-7)6-2-1-3-9-4-6/h5-6,9H,1-4,8H2. The number of piperidine rings is 1. The maximum atomic E-state index is 5.47. The highest BCUT2D eigenvalue weighted by atomic mass is 15.4. The maximum Gasteiger partial charge on any atom is 0.165 e. The molecule has 0 bridgehead atoms. The van der Waals surface area contributed by atoms with Crippen molar-refractivity contribution in [3.8, 4) is 0 Å². The fourth-order valence-corrected chi connectivity index (χ4v) is 1.53. The second-order valence-corrected chi connectivity index (χ2v) is 3.12. The van der Waals surface area contributed by atoms with E-state index in [0.29, 0.717) is 11.9 Å². The first kappa shape index (κ1) is 7.54. The zero-order chi connectivity index (χ0) is 8.39. The van der Waals surface area contributed by atoms with E-state index >= 15 is 0 Å². The van der Waals surface area contributed by atoms with Crippen molar-refractivity contribution in [2.24, 2.45) is 0 Å². The van der Waals surface area contributed by atoms with E-state index in [9.17, 15) is 0 Å². The minimum absolute atomic E-state index is 0.434. The highest BCUT2D eigenvalue weighted by Gasteiger charge is 2.15. The van der Waals surface area contributed by atoms with Gasteiger partial charge in [-0.15, -0.1) is 5.10 Å². The van der Waals surface area contributed by atoms with Crippen LogP contribution in [0.2, 0.25) is 0 Å². The van der Waals surface area contributed by atoms with Gasteiger partial charge in [0, 0.05) is 6.54 Å². The molecule has 0 aromatic carbocycles. The van der Waals surface area contributed by atoms with Crippen molar-refractivity contribution in [2.75, 3.05) is 18.8 Å². The molecule has 2 heterocycles. The number of nitrogen functional groups attached to an aromatic ring is 1. The molecule has 1 atom stereocenters. The SMILES string of the molecule is Nc1cn(C2CCCNC2)nn1. The predicted octanol–water partition coefficient (Wildman–Crippen LogP) is -0.215. The van der Waals surface area contributed by atoms with Crippen LogP contribution in [0.5, 0.6) is 0 Å². The smallest absolute Gasteiger partial charge is 0.165 e. The summed E-state index contributed by atoms with van der Waals surface area (Å²) in [5, 5.41) is 11.0. The summed E-state index contributed by atoms with van der Waals surface area (Å²) < 4.78 is 1.85. The van der Waals surface area contributed by atoms with E-state index in [2.05, 4.69) is 15.6 Å². The predicted molar refractivity (Wildman–Crippen MR) is 45.6 cm³/mol. The molecule has 0 aliphatic carbocycles. The molecule has 5 heteroatoms. The minimum Gasteiger partial charge on any atom is -0.381 e. The molecule has 0 radical (unpaired) electrons. The summed E-state index contributed by atoms with van der Waals surface area (Å²) in [6.07, 6.45) is 4.15. The Morgan fingerprint density at radius 2 is 2.58 bits per heavy atom. The lowest BCUT2D eigenvalue weighted by molar-refractivity contribution is 0.341. The van der Waals surface area contributed by atoms with Gasteiger partial charge in [-0.25, -0.2) is 4.68 Å². The Morgan fingerprint density at radius 3 is 3.17 bits per heavy atom. The van der Waals surface area contributed by atoms with Crippen LogP contribution in [0.1, 0.15) is 18.9 Å². The molecule has 12 heavy (non-hydrogen) atoms. The molecule has 66 valence electrons. The first-order chi connectivity index (χ1) is 5.86. The van der Waals surface area contributed by atoms with Gasteiger partial charge in [0.25, 0.3) is 0 Å². The number of nitrogens with two attached hydrogens (primary N) is 1.